The summed E-state index contributed by atoms with van der Waals surface area (Å²) in [6.45, 7) is 1.06. The molecule has 0 radical (unpaired) electrons. The third kappa shape index (κ3) is 3.42. The second-order valence-electron chi connectivity index (χ2n) is 1.99. The lowest BCUT2D eigenvalue weighted by Crippen LogP contribution is -2.30. The van der Waals surface area contributed by atoms with E-state index in [-0.39, 0.29) is 0 Å². The fourth-order valence-electron chi connectivity index (χ4n) is 0.726. The van der Waals surface area contributed by atoms with Crippen molar-refractivity contribution in [3.8, 4) is 0 Å². The van der Waals surface area contributed by atoms with E-state index in [1.165, 1.54) is 4.31 Å². The van der Waals surface area contributed by atoms with Crippen LogP contribution in [-0.4, -0.2) is 37.3 Å². The van der Waals surface area contributed by atoms with E-state index in [0.29, 0.717) is 13.1 Å². The molecule has 1 rings (SSSR count). The molecule has 0 N–H and O–H groups in total. The van der Waals surface area contributed by atoms with E-state index in [2.05, 4.69) is 0 Å². The number of rotatable bonds is 1. The molecule has 0 amide bonds. The van der Waals surface area contributed by atoms with Crippen LogP contribution < -0.4 is 0 Å². The molecule has 7 heteroatoms. The molecule has 1 fully saturated rings. The molecule has 1 aliphatic heterocycles. The first-order chi connectivity index (χ1) is 5.11. The molecule has 0 spiro atoms. The summed E-state index contributed by atoms with van der Waals surface area (Å²) in [6.07, 6.45) is 0. The van der Waals surface area contributed by atoms with E-state index in [1.54, 1.807) is 21.6 Å². The van der Waals surface area contributed by atoms with Gasteiger partial charge in [0, 0.05) is 35.3 Å². The number of nitrogens with zero attached hydrogens (tertiary/aromatic N) is 1. The van der Waals surface area contributed by atoms with E-state index in [0.717, 1.165) is 11.5 Å². The second kappa shape index (κ2) is 4.23. The summed E-state index contributed by atoms with van der Waals surface area (Å²) < 4.78 is 22.9. The lowest BCUT2D eigenvalue weighted by atomic mass is 10.6. The Morgan fingerprint density at radius 1 is 1.18 bits per heavy atom. The molecule has 0 bridgehead atoms. The molecule has 0 aromatic carbocycles. The Labute approximate surface area is 78.8 Å². The van der Waals surface area contributed by atoms with Gasteiger partial charge in [-0.25, -0.2) is 0 Å². The van der Waals surface area contributed by atoms with Gasteiger partial charge in [0.2, 0.25) is 0 Å². The molecule has 11 heavy (non-hydrogen) atoms. The average Bonchev–Trinajstić information content (AvgIpc) is 2.10. The lowest BCUT2D eigenvalue weighted by Gasteiger charge is -2.13. The van der Waals surface area contributed by atoms with Crippen LogP contribution in [0.15, 0.2) is 0 Å². The third-order valence-corrected chi connectivity index (χ3v) is 5.17. The predicted molar refractivity (Wildman–Crippen MR) is 51.3 cm³/mol. The summed E-state index contributed by atoms with van der Waals surface area (Å²) >= 11 is 0. The smallest absolute Gasteiger partial charge is 0.195 e. The van der Waals surface area contributed by atoms with Gasteiger partial charge >= 0.3 is 0 Å². The van der Waals surface area contributed by atoms with Crippen molar-refractivity contribution >= 4 is 41.5 Å². The molecule has 0 aromatic heterocycles. The van der Waals surface area contributed by atoms with Gasteiger partial charge in [-0.1, -0.05) is 21.6 Å². The third-order valence-electron chi connectivity index (χ3n) is 1.24. The number of hydrogen-bond donors (Lipinski definition) is 0. The van der Waals surface area contributed by atoms with Gasteiger partial charge in [0.1, 0.15) is 0 Å². The number of hydrogen-bond acceptors (Lipinski definition) is 4. The minimum Gasteiger partial charge on any atom is -0.195 e. The molecule has 0 unspecified atom stereocenters. The SMILES string of the molecule is O=S(=O)(Cl)N1CCSSCC1. The monoisotopic (exact) mass is 233 g/mol. The molecule has 66 valence electrons. The van der Waals surface area contributed by atoms with Crippen molar-refractivity contribution in [3.05, 3.63) is 0 Å². The van der Waals surface area contributed by atoms with Crippen molar-refractivity contribution < 1.29 is 8.42 Å². The first kappa shape index (κ1) is 9.98. The van der Waals surface area contributed by atoms with Crippen molar-refractivity contribution in [1.29, 1.82) is 0 Å². The highest BCUT2D eigenvalue weighted by Crippen LogP contribution is 2.25. The Balaban J connectivity index is 2.57. The topological polar surface area (TPSA) is 37.4 Å². The molecule has 1 aliphatic rings. The van der Waals surface area contributed by atoms with E-state index < -0.39 is 9.24 Å². The van der Waals surface area contributed by atoms with Gasteiger partial charge in [0.15, 0.2) is 0 Å². The maximum atomic E-state index is 10.8. The first-order valence-corrected chi connectivity index (χ1v) is 7.80. The Kier molecular flexibility index (Phi) is 3.84. The molecule has 1 saturated heterocycles. The minimum atomic E-state index is -3.47. The van der Waals surface area contributed by atoms with Gasteiger partial charge in [-0.15, -0.1) is 0 Å². The minimum absolute atomic E-state index is 0.531. The zero-order chi connectivity index (χ0) is 8.32. The van der Waals surface area contributed by atoms with Gasteiger partial charge in [0.05, 0.1) is 0 Å². The van der Waals surface area contributed by atoms with Crippen LogP contribution in [-0.2, 0) is 9.24 Å². The molecule has 0 aromatic rings. The summed E-state index contributed by atoms with van der Waals surface area (Å²) in [5, 5.41) is 0. The normalized spacial score (nSPS) is 23.0. The molecule has 0 atom stereocenters. The maximum absolute atomic E-state index is 10.8. The lowest BCUT2D eigenvalue weighted by molar-refractivity contribution is 0.464. The van der Waals surface area contributed by atoms with Crippen LogP contribution in [0.2, 0.25) is 0 Å². The quantitative estimate of drug-likeness (QED) is 0.503. The van der Waals surface area contributed by atoms with E-state index >= 15 is 0 Å². The predicted octanol–water partition coefficient (Wildman–Crippen LogP) is 1.17. The molecule has 0 saturated carbocycles. The van der Waals surface area contributed by atoms with Gasteiger partial charge < -0.3 is 0 Å². The second-order valence-corrected chi connectivity index (χ2v) is 7.20. The summed E-state index contributed by atoms with van der Waals surface area (Å²) in [4.78, 5) is 0. The first-order valence-electron chi connectivity index (χ1n) is 3.05. The van der Waals surface area contributed by atoms with Crippen LogP contribution in [0.3, 0.4) is 0 Å². The highest BCUT2D eigenvalue weighted by atomic mass is 35.7. The van der Waals surface area contributed by atoms with Crippen molar-refractivity contribution in [1.82, 2.24) is 4.31 Å². The van der Waals surface area contributed by atoms with Crippen LogP contribution in [0.1, 0.15) is 0 Å². The van der Waals surface area contributed by atoms with Crippen LogP contribution in [0.25, 0.3) is 0 Å². The highest BCUT2D eigenvalue weighted by Gasteiger charge is 2.20. The molecular formula is C4H8ClNO2S3. The van der Waals surface area contributed by atoms with Gasteiger partial charge in [-0.2, -0.15) is 12.7 Å². The van der Waals surface area contributed by atoms with Crippen LogP contribution in [0, 0.1) is 0 Å². The summed E-state index contributed by atoms with van der Waals surface area (Å²) in [6, 6.07) is 0. The standard InChI is InChI=1S/C4H8ClNO2S3/c5-11(7,8)6-1-3-9-10-4-2-6/h1-4H2. The van der Waals surface area contributed by atoms with E-state index in [9.17, 15) is 8.42 Å². The Morgan fingerprint density at radius 3 is 2.00 bits per heavy atom. The Morgan fingerprint density at radius 2 is 1.64 bits per heavy atom. The van der Waals surface area contributed by atoms with Crippen LogP contribution in [0.4, 0.5) is 0 Å². The summed E-state index contributed by atoms with van der Waals surface area (Å²) in [5.74, 6) is 1.63. The van der Waals surface area contributed by atoms with Gasteiger partial charge in [0.25, 0.3) is 9.24 Å². The van der Waals surface area contributed by atoms with Crippen LogP contribution >= 0.6 is 32.3 Å². The van der Waals surface area contributed by atoms with Crippen molar-refractivity contribution in [2.24, 2.45) is 0 Å². The van der Waals surface area contributed by atoms with Gasteiger partial charge in [-0.3, -0.25) is 0 Å². The fraction of sp³-hybridized carbons (Fsp3) is 1.00. The van der Waals surface area contributed by atoms with E-state index in [4.69, 9.17) is 10.7 Å². The van der Waals surface area contributed by atoms with Crippen LogP contribution in [0.5, 0.6) is 0 Å². The fourth-order valence-corrected chi connectivity index (χ4v) is 3.97. The molecule has 1 heterocycles. The van der Waals surface area contributed by atoms with E-state index in [1.807, 2.05) is 0 Å². The maximum Gasteiger partial charge on any atom is 0.299 e. The van der Waals surface area contributed by atoms with Crippen molar-refractivity contribution in [2.45, 2.75) is 0 Å². The van der Waals surface area contributed by atoms with Crippen molar-refractivity contribution in [2.75, 3.05) is 24.6 Å². The Bertz CT molecular complexity index is 209. The highest BCUT2D eigenvalue weighted by molar-refractivity contribution is 8.76. The largest absolute Gasteiger partial charge is 0.299 e. The number of halogens is 1. The Hall–Kier alpha value is 0.900. The zero-order valence-electron chi connectivity index (χ0n) is 5.69. The summed E-state index contributed by atoms with van der Waals surface area (Å²) in [5.41, 5.74) is 0. The molecular weight excluding hydrogens is 226 g/mol. The van der Waals surface area contributed by atoms with Gasteiger partial charge in [-0.05, 0) is 0 Å². The molecule has 0 aliphatic carbocycles. The zero-order valence-corrected chi connectivity index (χ0v) is 8.90. The molecule has 3 nitrogen and oxygen atoms in total. The average molecular weight is 234 g/mol. The van der Waals surface area contributed by atoms with Crippen molar-refractivity contribution in [3.63, 3.8) is 0 Å². The summed E-state index contributed by atoms with van der Waals surface area (Å²) in [7, 11) is 5.07.